The van der Waals surface area contributed by atoms with E-state index in [1.807, 2.05) is 13.2 Å². The molecule has 0 bridgehead atoms. The number of nitrogens with two attached hydrogens (primary N) is 1. The molecule has 0 saturated carbocycles. The molecule has 57 heavy (non-hydrogen) atoms. The Morgan fingerprint density at radius 3 is 2.19 bits per heavy atom. The molecule has 24 heteroatoms. The number of carboxylic acids is 1. The molecule has 316 valence electrons. The summed E-state index contributed by atoms with van der Waals surface area (Å²) in [6.07, 6.45) is -2.66. The van der Waals surface area contributed by atoms with Crippen molar-refractivity contribution in [1.82, 2.24) is 15.0 Å². The molecule has 1 aromatic heterocycles. The van der Waals surface area contributed by atoms with E-state index in [2.05, 4.69) is 51.1 Å². The number of aromatic nitrogens is 3. The molecule has 2 aromatic carbocycles. The van der Waals surface area contributed by atoms with E-state index in [1.165, 1.54) is 25.4 Å². The van der Waals surface area contributed by atoms with Crippen LogP contribution in [0, 0.1) is 10.1 Å². The number of hydrogen-bond acceptors (Lipinski definition) is 16. The van der Waals surface area contributed by atoms with Crippen LogP contribution in [-0.2, 0) is 29.8 Å². The molecule has 0 aliphatic carbocycles. The van der Waals surface area contributed by atoms with Crippen LogP contribution in [0.2, 0.25) is 5.02 Å². The van der Waals surface area contributed by atoms with E-state index in [-0.39, 0.29) is 41.3 Å². The van der Waals surface area contributed by atoms with Gasteiger partial charge < -0.3 is 40.6 Å². The summed E-state index contributed by atoms with van der Waals surface area (Å²) >= 11 is 7.31. The molecule has 6 N–H and O–H groups in total. The fourth-order valence-electron chi connectivity index (χ4n) is 3.77. The van der Waals surface area contributed by atoms with E-state index < -0.39 is 65.8 Å². The number of hydrogen-bond donors (Lipinski definition) is 5. The van der Waals surface area contributed by atoms with Gasteiger partial charge in [-0.3, -0.25) is 19.5 Å². The summed E-state index contributed by atoms with van der Waals surface area (Å²) in [5.74, 6) is -2.26. The first kappa shape index (κ1) is 50.3. The van der Waals surface area contributed by atoms with Gasteiger partial charge in [-0.25, -0.2) is 9.59 Å². The molecule has 0 saturated heterocycles. The minimum atomic E-state index is -4.61. The maximum absolute atomic E-state index is 12.7. The Bertz CT molecular complexity index is 1900. The van der Waals surface area contributed by atoms with Gasteiger partial charge in [0.1, 0.15) is 23.1 Å². The number of esters is 2. The molecule has 2 unspecified atom stereocenters. The number of alkyl halides is 3. The Morgan fingerprint density at radius 2 is 1.70 bits per heavy atom. The van der Waals surface area contributed by atoms with Crippen LogP contribution < -0.4 is 21.1 Å². The Balaban J connectivity index is 0.000000500. The summed E-state index contributed by atoms with van der Waals surface area (Å²) in [7, 11) is -3.10. The van der Waals surface area contributed by atoms with Crippen LogP contribution in [0.3, 0.4) is 0 Å². The number of nitro groups is 1. The predicted octanol–water partition coefficient (Wildman–Crippen LogP) is 6.70. The molecule has 0 radical (unpaired) electrons. The van der Waals surface area contributed by atoms with Gasteiger partial charge in [-0.15, -0.1) is 0 Å². The molecule has 3 aromatic rings. The number of benzene rings is 2. The van der Waals surface area contributed by atoms with Gasteiger partial charge in [0, 0.05) is 37.0 Å². The van der Waals surface area contributed by atoms with Crippen LogP contribution in [0.4, 0.5) is 30.8 Å². The quantitative estimate of drug-likeness (QED) is 0.0349. The SMILES string of the molecule is CCNc1nc(NC(C)(C)C)nc(SC)n1.CCOC(=O)COC(=O)c1cc(Oc2ccc(C(F)(F)F)cc2Cl)ccc1[N+](=O)[O-].CP(=O)(O)CCC(N)C(=O)O. The normalized spacial score (nSPS) is 12.6. The van der Waals surface area contributed by atoms with Gasteiger partial charge in [0.05, 0.1) is 22.1 Å². The van der Waals surface area contributed by atoms with Crippen molar-refractivity contribution < 1.29 is 61.3 Å². The number of rotatable bonds is 15. The van der Waals surface area contributed by atoms with Gasteiger partial charge in [-0.1, -0.05) is 23.4 Å². The molecular weight excluding hydrogens is 826 g/mol. The van der Waals surface area contributed by atoms with Crippen molar-refractivity contribution in [3.05, 3.63) is 62.7 Å². The molecule has 0 spiro atoms. The van der Waals surface area contributed by atoms with E-state index in [4.69, 9.17) is 36.8 Å². The number of anilines is 2. The average molecular weight is 870 g/mol. The molecule has 3 rings (SSSR count). The lowest BCUT2D eigenvalue weighted by Crippen LogP contribution is -2.30. The van der Waals surface area contributed by atoms with Crippen molar-refractivity contribution in [1.29, 1.82) is 0 Å². The lowest BCUT2D eigenvalue weighted by Gasteiger charge is -2.20. The van der Waals surface area contributed by atoms with Crippen molar-refractivity contribution >= 4 is 66.2 Å². The highest BCUT2D eigenvalue weighted by Crippen LogP contribution is 2.38. The first-order chi connectivity index (χ1) is 26.3. The maximum atomic E-state index is 12.7. The summed E-state index contributed by atoms with van der Waals surface area (Å²) in [6.45, 7) is 11.0. The molecule has 0 aliphatic heterocycles. The number of nitro benzene ring substituents is 1. The van der Waals surface area contributed by atoms with Crippen LogP contribution in [0.15, 0.2) is 41.6 Å². The number of nitrogens with one attached hydrogen (secondary N) is 2. The van der Waals surface area contributed by atoms with E-state index in [0.29, 0.717) is 18.0 Å². The third-order valence-electron chi connectivity index (χ3n) is 6.29. The van der Waals surface area contributed by atoms with Crippen molar-refractivity contribution in [3.8, 4) is 11.5 Å². The Kier molecular flexibility index (Phi) is 20.1. The first-order valence-corrected chi connectivity index (χ1v) is 20.4. The summed E-state index contributed by atoms with van der Waals surface area (Å²) in [5.41, 5.74) is 2.88. The molecular formula is C33H44ClF3N7O11PS. The zero-order chi connectivity index (χ0) is 43.7. The van der Waals surface area contributed by atoms with Crippen molar-refractivity contribution in [3.63, 3.8) is 0 Å². The smallest absolute Gasteiger partial charge is 0.416 e. The minimum absolute atomic E-state index is 0.0412. The molecule has 2 atom stereocenters. The highest BCUT2D eigenvalue weighted by molar-refractivity contribution is 7.98. The lowest BCUT2D eigenvalue weighted by atomic mass is 10.1. The fourth-order valence-corrected chi connectivity index (χ4v) is 5.10. The van der Waals surface area contributed by atoms with Gasteiger partial charge >= 0.3 is 24.1 Å². The minimum Gasteiger partial charge on any atom is -0.480 e. The Hall–Kier alpha value is -4.76. The summed E-state index contributed by atoms with van der Waals surface area (Å²) in [4.78, 5) is 65.5. The lowest BCUT2D eigenvalue weighted by molar-refractivity contribution is -0.385. The zero-order valence-electron chi connectivity index (χ0n) is 31.9. The van der Waals surface area contributed by atoms with Gasteiger partial charge in [0.15, 0.2) is 19.1 Å². The van der Waals surface area contributed by atoms with Crippen LogP contribution in [0.25, 0.3) is 0 Å². The van der Waals surface area contributed by atoms with E-state index in [9.17, 15) is 42.2 Å². The van der Waals surface area contributed by atoms with Crippen molar-refractivity contribution in [2.45, 2.75) is 64.0 Å². The van der Waals surface area contributed by atoms with Gasteiger partial charge in [0.25, 0.3) is 5.69 Å². The van der Waals surface area contributed by atoms with Crippen LogP contribution >= 0.6 is 30.7 Å². The third-order valence-corrected chi connectivity index (χ3v) is 8.22. The number of aliphatic carboxylic acids is 1. The number of carbonyl (C=O) groups is 3. The van der Waals surface area contributed by atoms with Gasteiger partial charge in [-0.05, 0) is 71.6 Å². The second-order valence-corrected chi connectivity index (χ2v) is 16.2. The third kappa shape index (κ3) is 19.8. The monoisotopic (exact) mass is 869 g/mol. The van der Waals surface area contributed by atoms with Crippen LogP contribution in [-0.4, -0.2) is 98.2 Å². The second-order valence-electron chi connectivity index (χ2n) is 12.4. The van der Waals surface area contributed by atoms with E-state index in [1.54, 1.807) is 0 Å². The van der Waals surface area contributed by atoms with Crippen molar-refractivity contribution in [2.75, 3.05) is 49.5 Å². The van der Waals surface area contributed by atoms with Crippen LogP contribution in [0.1, 0.15) is 57.0 Å². The van der Waals surface area contributed by atoms with E-state index in [0.717, 1.165) is 42.0 Å². The number of ether oxygens (including phenoxy) is 3. The molecule has 18 nitrogen and oxygen atoms in total. The number of nitrogens with zero attached hydrogens (tertiary/aromatic N) is 4. The van der Waals surface area contributed by atoms with E-state index >= 15 is 0 Å². The second kappa shape index (κ2) is 22.8. The first-order valence-electron chi connectivity index (χ1n) is 16.6. The number of carbonyl (C=O) groups excluding carboxylic acids is 2. The summed E-state index contributed by atoms with van der Waals surface area (Å²) in [6, 6.07) is 4.32. The standard InChI is InChI=1S/C18H13ClF3NO7.C10H19N5S.C5H12NO4P/c1-2-28-16(24)9-29-17(25)12-8-11(4-5-14(12)23(26)27)30-15-6-3-10(7-13(15)19)18(20,21)22;1-6-11-7-12-8(15-10(2,3)4)14-9(13-7)16-5;1-11(9,10)3-2-4(6)5(7)8/h3-8H,2,9H2,1H3;6H2,1-5H3,(H2,11,12,13,14,15);4H,2-3,6H2,1H3,(H,7,8)(H,9,10). The van der Waals surface area contributed by atoms with Crippen molar-refractivity contribution in [2.24, 2.45) is 5.73 Å². The number of carboxylic acid groups (broad SMARTS) is 1. The van der Waals surface area contributed by atoms with Gasteiger partial charge in [0.2, 0.25) is 11.9 Å². The number of halogens is 4. The maximum Gasteiger partial charge on any atom is 0.416 e. The average Bonchev–Trinajstić information content (AvgIpc) is 3.09. The zero-order valence-corrected chi connectivity index (χ0v) is 34.3. The Labute approximate surface area is 335 Å². The molecule has 1 heterocycles. The molecule has 0 amide bonds. The van der Waals surface area contributed by atoms with Crippen LogP contribution in [0.5, 0.6) is 11.5 Å². The van der Waals surface area contributed by atoms with Gasteiger partial charge in [-0.2, -0.15) is 28.1 Å². The predicted molar refractivity (Wildman–Crippen MR) is 207 cm³/mol. The highest BCUT2D eigenvalue weighted by atomic mass is 35.5. The number of thioether (sulfide) groups is 1. The highest BCUT2D eigenvalue weighted by Gasteiger charge is 2.31. The molecule has 0 aliphatic rings. The largest absolute Gasteiger partial charge is 0.480 e. The molecule has 0 fully saturated rings. The Morgan fingerprint density at radius 1 is 1.07 bits per heavy atom. The topological polar surface area (TPSA) is 268 Å². The fraction of sp³-hybridized carbons (Fsp3) is 0.455. The summed E-state index contributed by atoms with van der Waals surface area (Å²) < 4.78 is 63.4. The summed E-state index contributed by atoms with van der Waals surface area (Å²) in [5, 5.41) is 26.1.